The third-order valence-electron chi connectivity index (χ3n) is 4.25. The molecule has 0 aliphatic carbocycles. The zero-order chi connectivity index (χ0) is 17.8. The van der Waals surface area contributed by atoms with Gasteiger partial charge in [-0.15, -0.1) is 0 Å². The molecule has 0 aromatic heterocycles. The van der Waals surface area contributed by atoms with Crippen molar-refractivity contribution in [3.8, 4) is 5.75 Å². The van der Waals surface area contributed by atoms with E-state index in [4.69, 9.17) is 10.5 Å². The fourth-order valence-electron chi connectivity index (χ4n) is 2.88. The summed E-state index contributed by atoms with van der Waals surface area (Å²) in [6.45, 7) is 1.10. The van der Waals surface area contributed by atoms with Crippen LogP contribution < -0.4 is 20.7 Å². The topological polar surface area (TPSA) is 84.7 Å². The van der Waals surface area contributed by atoms with Crippen LogP contribution in [0, 0.1) is 0 Å². The first kappa shape index (κ1) is 17.0. The van der Waals surface area contributed by atoms with E-state index in [1.54, 1.807) is 42.3 Å². The van der Waals surface area contributed by atoms with E-state index in [-0.39, 0.29) is 11.8 Å². The number of rotatable bonds is 5. The molecule has 0 radical (unpaired) electrons. The summed E-state index contributed by atoms with van der Waals surface area (Å²) < 4.78 is 5.36. The lowest BCUT2D eigenvalue weighted by Crippen LogP contribution is -2.24. The Labute approximate surface area is 146 Å². The molecule has 0 spiro atoms. The van der Waals surface area contributed by atoms with Crippen LogP contribution in [0.25, 0.3) is 0 Å². The maximum atomic E-state index is 12.4. The Bertz CT molecular complexity index is 787. The van der Waals surface area contributed by atoms with Crippen molar-refractivity contribution in [3.63, 3.8) is 0 Å². The minimum Gasteiger partial charge on any atom is -0.495 e. The van der Waals surface area contributed by atoms with Gasteiger partial charge in [-0.2, -0.15) is 0 Å². The van der Waals surface area contributed by atoms with Crippen molar-refractivity contribution in [2.75, 3.05) is 23.9 Å². The number of hydrogen-bond acceptors (Lipinski definition) is 4. The molecule has 1 heterocycles. The first-order valence-corrected chi connectivity index (χ1v) is 8.21. The Morgan fingerprint density at radius 1 is 1.24 bits per heavy atom. The van der Waals surface area contributed by atoms with Crippen molar-refractivity contribution in [2.45, 2.75) is 19.4 Å². The van der Waals surface area contributed by atoms with E-state index in [0.29, 0.717) is 42.2 Å². The lowest BCUT2D eigenvalue weighted by Gasteiger charge is -2.20. The average molecular weight is 339 g/mol. The molecule has 6 heteroatoms. The molecule has 1 saturated heterocycles. The number of benzene rings is 2. The summed E-state index contributed by atoms with van der Waals surface area (Å²) in [5, 5.41) is 2.86. The third-order valence-corrected chi connectivity index (χ3v) is 4.25. The standard InChI is InChI=1S/C19H21N3O3/c1-25-17-9-8-15(11-16(17)22-10-2-3-18(22)23)21-19(24)14-6-4-13(12-20)5-7-14/h4-9,11H,2-3,10,12,20H2,1H3,(H,21,24). The van der Waals surface area contributed by atoms with Crippen molar-refractivity contribution >= 4 is 23.2 Å². The molecule has 25 heavy (non-hydrogen) atoms. The molecular formula is C19H21N3O3. The molecule has 1 fully saturated rings. The lowest BCUT2D eigenvalue weighted by molar-refractivity contribution is -0.117. The summed E-state index contributed by atoms with van der Waals surface area (Å²) >= 11 is 0. The van der Waals surface area contributed by atoms with Gasteiger partial charge < -0.3 is 20.7 Å². The summed E-state index contributed by atoms with van der Waals surface area (Å²) in [5.74, 6) is 0.465. The van der Waals surface area contributed by atoms with E-state index in [1.165, 1.54) is 0 Å². The minimum atomic E-state index is -0.215. The van der Waals surface area contributed by atoms with E-state index in [0.717, 1.165) is 12.0 Å². The van der Waals surface area contributed by atoms with Crippen molar-refractivity contribution in [2.24, 2.45) is 5.73 Å². The van der Waals surface area contributed by atoms with Crippen LogP contribution in [0.15, 0.2) is 42.5 Å². The van der Waals surface area contributed by atoms with Crippen LogP contribution in [0.2, 0.25) is 0 Å². The molecule has 3 rings (SSSR count). The largest absolute Gasteiger partial charge is 0.495 e. The van der Waals surface area contributed by atoms with Crippen LogP contribution in [0.4, 0.5) is 11.4 Å². The molecule has 6 nitrogen and oxygen atoms in total. The Morgan fingerprint density at radius 3 is 2.60 bits per heavy atom. The number of nitrogens with two attached hydrogens (primary N) is 1. The van der Waals surface area contributed by atoms with Gasteiger partial charge in [0.25, 0.3) is 5.91 Å². The smallest absolute Gasteiger partial charge is 0.255 e. The van der Waals surface area contributed by atoms with Gasteiger partial charge in [-0.25, -0.2) is 0 Å². The van der Waals surface area contributed by atoms with Crippen LogP contribution in [-0.2, 0) is 11.3 Å². The van der Waals surface area contributed by atoms with Gasteiger partial charge in [0.05, 0.1) is 12.8 Å². The molecule has 1 aliphatic rings. The van der Waals surface area contributed by atoms with E-state index >= 15 is 0 Å². The zero-order valence-corrected chi connectivity index (χ0v) is 14.1. The summed E-state index contributed by atoms with van der Waals surface area (Å²) in [6.07, 6.45) is 1.36. The van der Waals surface area contributed by atoms with Gasteiger partial charge >= 0.3 is 0 Å². The molecule has 3 N–H and O–H groups in total. The van der Waals surface area contributed by atoms with Crippen LogP contribution in [0.3, 0.4) is 0 Å². The SMILES string of the molecule is COc1ccc(NC(=O)c2ccc(CN)cc2)cc1N1CCCC1=O. The van der Waals surface area contributed by atoms with Gasteiger partial charge in [-0.05, 0) is 42.3 Å². The van der Waals surface area contributed by atoms with Gasteiger partial charge in [0.15, 0.2) is 0 Å². The van der Waals surface area contributed by atoms with E-state index in [9.17, 15) is 9.59 Å². The van der Waals surface area contributed by atoms with Crippen LogP contribution >= 0.6 is 0 Å². The first-order valence-electron chi connectivity index (χ1n) is 8.21. The number of ether oxygens (including phenoxy) is 1. The number of hydrogen-bond donors (Lipinski definition) is 2. The van der Waals surface area contributed by atoms with Gasteiger partial charge in [0.1, 0.15) is 5.75 Å². The summed E-state index contributed by atoms with van der Waals surface area (Å²) in [4.78, 5) is 26.1. The minimum absolute atomic E-state index is 0.0687. The zero-order valence-electron chi connectivity index (χ0n) is 14.1. The fraction of sp³-hybridized carbons (Fsp3) is 0.263. The number of nitrogens with one attached hydrogen (secondary N) is 1. The molecular weight excluding hydrogens is 318 g/mol. The molecule has 0 unspecified atom stereocenters. The molecule has 2 amide bonds. The Hall–Kier alpha value is -2.86. The van der Waals surface area contributed by atoms with E-state index < -0.39 is 0 Å². The maximum Gasteiger partial charge on any atom is 0.255 e. The Morgan fingerprint density at radius 2 is 2.00 bits per heavy atom. The van der Waals surface area contributed by atoms with E-state index in [1.807, 2.05) is 12.1 Å². The predicted molar refractivity (Wildman–Crippen MR) is 96.9 cm³/mol. The molecule has 2 aromatic carbocycles. The van der Waals surface area contributed by atoms with Crippen molar-refractivity contribution in [3.05, 3.63) is 53.6 Å². The number of anilines is 2. The van der Waals surface area contributed by atoms with E-state index in [2.05, 4.69) is 5.32 Å². The second kappa shape index (κ2) is 7.36. The third kappa shape index (κ3) is 3.64. The monoisotopic (exact) mass is 339 g/mol. The number of carbonyl (C=O) groups is 2. The molecule has 2 aromatic rings. The molecule has 0 bridgehead atoms. The molecule has 0 saturated carbocycles. The number of amides is 2. The van der Waals surface area contributed by atoms with Crippen molar-refractivity contribution < 1.29 is 14.3 Å². The average Bonchev–Trinajstić information content (AvgIpc) is 3.07. The van der Waals surface area contributed by atoms with Crippen LogP contribution in [0.1, 0.15) is 28.8 Å². The Balaban J connectivity index is 1.82. The molecule has 1 aliphatic heterocycles. The van der Waals surface area contributed by atoms with Crippen LogP contribution in [0.5, 0.6) is 5.75 Å². The Kier molecular flexibility index (Phi) is 5.00. The van der Waals surface area contributed by atoms with Crippen molar-refractivity contribution in [1.29, 1.82) is 0 Å². The molecule has 0 atom stereocenters. The van der Waals surface area contributed by atoms with Crippen LogP contribution in [-0.4, -0.2) is 25.5 Å². The second-order valence-corrected chi connectivity index (χ2v) is 5.89. The number of methoxy groups -OCH3 is 1. The highest BCUT2D eigenvalue weighted by Gasteiger charge is 2.24. The number of nitrogens with zero attached hydrogens (tertiary/aromatic N) is 1. The van der Waals surface area contributed by atoms with Gasteiger partial charge in [-0.3, -0.25) is 9.59 Å². The summed E-state index contributed by atoms with van der Waals surface area (Å²) in [6, 6.07) is 12.4. The van der Waals surface area contributed by atoms with Gasteiger partial charge in [-0.1, -0.05) is 12.1 Å². The second-order valence-electron chi connectivity index (χ2n) is 5.89. The predicted octanol–water partition coefficient (Wildman–Crippen LogP) is 2.53. The fourth-order valence-corrected chi connectivity index (χ4v) is 2.88. The normalized spacial score (nSPS) is 13.8. The first-order chi connectivity index (χ1) is 12.1. The van der Waals surface area contributed by atoms with Gasteiger partial charge in [0.2, 0.25) is 5.91 Å². The summed E-state index contributed by atoms with van der Waals surface area (Å²) in [7, 11) is 1.57. The quantitative estimate of drug-likeness (QED) is 0.877. The lowest BCUT2D eigenvalue weighted by atomic mass is 10.1. The van der Waals surface area contributed by atoms with Gasteiger partial charge in [0, 0.05) is 30.8 Å². The highest BCUT2D eigenvalue weighted by atomic mass is 16.5. The number of carbonyl (C=O) groups excluding carboxylic acids is 2. The maximum absolute atomic E-state index is 12.4. The highest BCUT2D eigenvalue weighted by molar-refractivity contribution is 6.05. The highest BCUT2D eigenvalue weighted by Crippen LogP contribution is 2.34. The van der Waals surface area contributed by atoms with Crippen molar-refractivity contribution in [1.82, 2.24) is 0 Å². The summed E-state index contributed by atoms with van der Waals surface area (Å²) in [5.41, 5.74) is 8.38. The molecule has 130 valence electrons.